The highest BCUT2D eigenvalue weighted by Crippen LogP contribution is 2.50. The third kappa shape index (κ3) is 3.38. The molecule has 0 radical (unpaired) electrons. The SMILES string of the molecule is CCC1=C(C(c2cccc(C)c2)(c2cccc(C)c2)c2cccc(C)c2)CC=C1. The second-order valence-electron chi connectivity index (χ2n) is 8.32. The molecule has 0 aromatic heterocycles. The zero-order chi connectivity index (χ0) is 20.4. The molecule has 0 heterocycles. The summed E-state index contributed by atoms with van der Waals surface area (Å²) in [7, 11) is 0. The van der Waals surface area contributed by atoms with Gasteiger partial charge in [-0.3, -0.25) is 0 Å². The summed E-state index contributed by atoms with van der Waals surface area (Å²) < 4.78 is 0. The quantitative estimate of drug-likeness (QED) is 0.401. The van der Waals surface area contributed by atoms with Gasteiger partial charge in [-0.1, -0.05) is 109 Å². The minimum absolute atomic E-state index is 0.279. The van der Waals surface area contributed by atoms with E-state index in [4.69, 9.17) is 0 Å². The van der Waals surface area contributed by atoms with Crippen molar-refractivity contribution in [3.05, 3.63) is 129 Å². The van der Waals surface area contributed by atoms with Crippen LogP contribution in [0.2, 0.25) is 0 Å². The molecule has 0 bridgehead atoms. The van der Waals surface area contributed by atoms with E-state index in [9.17, 15) is 0 Å². The molecule has 3 aromatic rings. The van der Waals surface area contributed by atoms with Crippen LogP contribution >= 0.6 is 0 Å². The van der Waals surface area contributed by atoms with Crippen LogP contribution in [-0.2, 0) is 5.41 Å². The highest BCUT2D eigenvalue weighted by Gasteiger charge is 2.41. The summed E-state index contributed by atoms with van der Waals surface area (Å²) in [6.45, 7) is 8.87. The van der Waals surface area contributed by atoms with Crippen molar-refractivity contribution in [2.45, 2.75) is 46.0 Å². The third-order valence-electron chi connectivity index (χ3n) is 6.22. The summed E-state index contributed by atoms with van der Waals surface area (Å²) in [5, 5.41) is 0. The summed E-state index contributed by atoms with van der Waals surface area (Å²) in [6, 6.07) is 27.3. The normalized spacial score (nSPS) is 13.9. The molecule has 0 saturated carbocycles. The molecule has 0 amide bonds. The van der Waals surface area contributed by atoms with Crippen LogP contribution in [0.15, 0.2) is 96.1 Å². The average molecular weight is 379 g/mol. The molecule has 3 aromatic carbocycles. The van der Waals surface area contributed by atoms with Gasteiger partial charge in [-0.25, -0.2) is 0 Å². The second kappa shape index (κ2) is 7.87. The Bertz CT molecular complexity index is 983. The van der Waals surface area contributed by atoms with Gasteiger partial charge >= 0.3 is 0 Å². The Morgan fingerprint density at radius 2 is 1.14 bits per heavy atom. The Hall–Kier alpha value is -2.86. The zero-order valence-corrected chi connectivity index (χ0v) is 18.0. The Kier molecular flexibility index (Phi) is 5.28. The van der Waals surface area contributed by atoms with E-state index in [1.165, 1.54) is 44.5 Å². The minimum atomic E-state index is -0.279. The molecule has 4 rings (SSSR count). The maximum absolute atomic E-state index is 2.38. The number of hydrogen-bond acceptors (Lipinski definition) is 0. The highest BCUT2D eigenvalue weighted by molar-refractivity contribution is 5.63. The van der Waals surface area contributed by atoms with E-state index in [2.05, 4.69) is 113 Å². The van der Waals surface area contributed by atoms with Gasteiger partial charge in [-0.2, -0.15) is 0 Å². The Morgan fingerprint density at radius 3 is 1.52 bits per heavy atom. The molecule has 0 N–H and O–H groups in total. The molecule has 29 heavy (non-hydrogen) atoms. The molecular formula is C29H30. The van der Waals surface area contributed by atoms with Crippen molar-refractivity contribution in [2.75, 3.05) is 0 Å². The van der Waals surface area contributed by atoms with Gasteiger partial charge in [0.1, 0.15) is 0 Å². The van der Waals surface area contributed by atoms with Crippen LogP contribution < -0.4 is 0 Å². The van der Waals surface area contributed by atoms with Gasteiger partial charge in [0, 0.05) is 0 Å². The first-order valence-electron chi connectivity index (χ1n) is 10.7. The van der Waals surface area contributed by atoms with E-state index in [-0.39, 0.29) is 5.41 Å². The van der Waals surface area contributed by atoms with E-state index < -0.39 is 0 Å². The number of allylic oxidation sites excluding steroid dienone is 4. The molecule has 0 aliphatic heterocycles. The molecule has 0 nitrogen and oxygen atoms in total. The third-order valence-corrected chi connectivity index (χ3v) is 6.22. The molecule has 0 atom stereocenters. The van der Waals surface area contributed by atoms with Crippen LogP contribution in [0.5, 0.6) is 0 Å². The van der Waals surface area contributed by atoms with Gasteiger partial charge in [-0.15, -0.1) is 0 Å². The van der Waals surface area contributed by atoms with Gasteiger partial charge in [0.25, 0.3) is 0 Å². The number of aryl methyl sites for hydroxylation is 3. The van der Waals surface area contributed by atoms with Gasteiger partial charge in [0.15, 0.2) is 0 Å². The number of rotatable bonds is 5. The second-order valence-corrected chi connectivity index (χ2v) is 8.32. The Labute approximate surface area is 175 Å². The number of benzene rings is 3. The molecule has 0 unspecified atom stereocenters. The van der Waals surface area contributed by atoms with Crippen LogP contribution in [0.4, 0.5) is 0 Å². The first kappa shape index (κ1) is 19.5. The van der Waals surface area contributed by atoms with E-state index in [0.717, 1.165) is 12.8 Å². The lowest BCUT2D eigenvalue weighted by atomic mass is 9.63. The fourth-order valence-corrected chi connectivity index (χ4v) is 4.93. The summed E-state index contributed by atoms with van der Waals surface area (Å²) >= 11 is 0. The van der Waals surface area contributed by atoms with Crippen molar-refractivity contribution >= 4 is 0 Å². The van der Waals surface area contributed by atoms with Gasteiger partial charge in [0.2, 0.25) is 0 Å². The van der Waals surface area contributed by atoms with Crippen molar-refractivity contribution in [3.63, 3.8) is 0 Å². The Balaban J connectivity index is 2.17. The first-order chi connectivity index (χ1) is 14.1. The molecule has 0 spiro atoms. The maximum Gasteiger partial charge on any atom is 0.0670 e. The van der Waals surface area contributed by atoms with Crippen molar-refractivity contribution in [1.82, 2.24) is 0 Å². The monoisotopic (exact) mass is 378 g/mol. The smallest absolute Gasteiger partial charge is 0.0670 e. The maximum atomic E-state index is 2.38. The van der Waals surface area contributed by atoms with Crippen LogP contribution in [0.3, 0.4) is 0 Å². The number of hydrogen-bond donors (Lipinski definition) is 0. The van der Waals surface area contributed by atoms with Crippen molar-refractivity contribution < 1.29 is 0 Å². The Morgan fingerprint density at radius 1 is 0.690 bits per heavy atom. The molecule has 0 fully saturated rings. The lowest BCUT2D eigenvalue weighted by molar-refractivity contribution is 0.698. The van der Waals surface area contributed by atoms with Crippen molar-refractivity contribution in [2.24, 2.45) is 0 Å². The summed E-state index contributed by atoms with van der Waals surface area (Å²) in [4.78, 5) is 0. The van der Waals surface area contributed by atoms with Crippen LogP contribution in [0.1, 0.15) is 53.1 Å². The largest absolute Gasteiger partial charge is 0.0801 e. The van der Waals surface area contributed by atoms with E-state index >= 15 is 0 Å². The first-order valence-corrected chi connectivity index (χ1v) is 10.7. The fourth-order valence-electron chi connectivity index (χ4n) is 4.93. The molecular weight excluding hydrogens is 348 g/mol. The molecule has 1 aliphatic carbocycles. The van der Waals surface area contributed by atoms with E-state index in [1.807, 2.05) is 0 Å². The molecule has 0 saturated heterocycles. The summed E-state index contributed by atoms with van der Waals surface area (Å²) in [6.07, 6.45) is 6.73. The predicted molar refractivity (Wildman–Crippen MR) is 124 cm³/mol. The average Bonchev–Trinajstić information content (AvgIpc) is 3.18. The summed E-state index contributed by atoms with van der Waals surface area (Å²) in [5.74, 6) is 0. The standard InChI is InChI=1S/C29H30/c1-5-24-13-9-17-28(24)29(25-14-6-10-21(2)18-25,26-15-7-11-22(3)19-26)27-16-8-12-23(4)20-27/h6-16,18-20H,5,17H2,1-4H3. The van der Waals surface area contributed by atoms with Crippen molar-refractivity contribution in [3.8, 4) is 0 Å². The molecule has 0 heteroatoms. The zero-order valence-electron chi connectivity index (χ0n) is 18.0. The fraction of sp³-hybridized carbons (Fsp3) is 0.241. The van der Waals surface area contributed by atoms with Gasteiger partial charge in [0.05, 0.1) is 5.41 Å². The molecule has 1 aliphatic rings. The summed E-state index contributed by atoms with van der Waals surface area (Å²) in [5.41, 5.74) is 10.7. The predicted octanol–water partition coefficient (Wildman–Crippen LogP) is 7.61. The van der Waals surface area contributed by atoms with E-state index in [1.54, 1.807) is 0 Å². The van der Waals surface area contributed by atoms with Crippen LogP contribution in [-0.4, -0.2) is 0 Å². The minimum Gasteiger partial charge on any atom is -0.0801 e. The topological polar surface area (TPSA) is 0 Å². The van der Waals surface area contributed by atoms with Crippen LogP contribution in [0, 0.1) is 20.8 Å². The lowest BCUT2D eigenvalue weighted by Crippen LogP contribution is -2.32. The highest BCUT2D eigenvalue weighted by atomic mass is 14.4. The lowest BCUT2D eigenvalue weighted by Gasteiger charge is -2.39. The van der Waals surface area contributed by atoms with Crippen molar-refractivity contribution in [1.29, 1.82) is 0 Å². The van der Waals surface area contributed by atoms with Crippen LogP contribution in [0.25, 0.3) is 0 Å². The van der Waals surface area contributed by atoms with Gasteiger partial charge < -0.3 is 0 Å². The van der Waals surface area contributed by atoms with E-state index in [0.29, 0.717) is 0 Å². The molecule has 146 valence electrons. The van der Waals surface area contributed by atoms with Gasteiger partial charge in [-0.05, 0) is 61.4 Å².